The van der Waals surface area contributed by atoms with Gasteiger partial charge in [0.15, 0.2) is 0 Å². The van der Waals surface area contributed by atoms with Crippen LogP contribution in [0.5, 0.6) is 0 Å². The number of nitrogen functional groups attached to an aromatic ring is 1. The first-order chi connectivity index (χ1) is 8.48. The standard InChI is InChI=1S/C14H24N4/c1-11-8-12(15)9-16-13(11)17-10-14(2)4-6-18(3)7-5-14/h8-9H,4-7,10,15H2,1-3H3,(H,16,17). The number of nitrogens with two attached hydrogens (primary N) is 1. The van der Waals surface area contributed by atoms with Gasteiger partial charge in [0.1, 0.15) is 5.82 Å². The Balaban J connectivity index is 1.94. The number of likely N-dealkylation sites (tertiary alicyclic amines) is 1. The summed E-state index contributed by atoms with van der Waals surface area (Å²) in [4.78, 5) is 6.76. The second kappa shape index (κ2) is 5.14. The van der Waals surface area contributed by atoms with Crippen molar-refractivity contribution in [1.82, 2.24) is 9.88 Å². The molecule has 0 unspecified atom stereocenters. The van der Waals surface area contributed by atoms with Gasteiger partial charge in [0, 0.05) is 6.54 Å². The zero-order valence-corrected chi connectivity index (χ0v) is 11.7. The Morgan fingerprint density at radius 2 is 2.11 bits per heavy atom. The number of rotatable bonds is 3. The zero-order chi connectivity index (χ0) is 13.2. The summed E-state index contributed by atoms with van der Waals surface area (Å²) in [6, 6.07) is 1.96. The number of piperidine rings is 1. The normalized spacial score (nSPS) is 19.7. The molecule has 0 aliphatic carbocycles. The lowest BCUT2D eigenvalue weighted by atomic mass is 9.80. The lowest BCUT2D eigenvalue weighted by Crippen LogP contribution is -2.40. The van der Waals surface area contributed by atoms with Gasteiger partial charge in [-0.3, -0.25) is 0 Å². The van der Waals surface area contributed by atoms with Crippen LogP contribution in [0, 0.1) is 12.3 Å². The number of aromatic nitrogens is 1. The smallest absolute Gasteiger partial charge is 0.129 e. The van der Waals surface area contributed by atoms with Crippen LogP contribution in [0.4, 0.5) is 11.5 Å². The molecule has 4 nitrogen and oxygen atoms in total. The van der Waals surface area contributed by atoms with Gasteiger partial charge in [-0.1, -0.05) is 6.92 Å². The van der Waals surface area contributed by atoms with E-state index >= 15 is 0 Å². The van der Waals surface area contributed by atoms with Gasteiger partial charge in [0.25, 0.3) is 0 Å². The van der Waals surface area contributed by atoms with E-state index in [9.17, 15) is 0 Å². The van der Waals surface area contributed by atoms with E-state index in [0.29, 0.717) is 5.41 Å². The van der Waals surface area contributed by atoms with Crippen molar-refractivity contribution in [3.63, 3.8) is 0 Å². The molecule has 2 heterocycles. The lowest BCUT2D eigenvalue weighted by Gasteiger charge is -2.38. The molecule has 2 rings (SSSR count). The molecule has 0 bridgehead atoms. The maximum atomic E-state index is 5.71. The third-order valence-electron chi connectivity index (χ3n) is 3.98. The van der Waals surface area contributed by atoms with Crippen LogP contribution in [0.1, 0.15) is 25.3 Å². The fourth-order valence-corrected chi connectivity index (χ4v) is 2.41. The lowest BCUT2D eigenvalue weighted by molar-refractivity contribution is 0.150. The molecule has 4 heteroatoms. The predicted molar refractivity (Wildman–Crippen MR) is 76.7 cm³/mol. The van der Waals surface area contributed by atoms with Crippen molar-refractivity contribution in [2.45, 2.75) is 26.7 Å². The van der Waals surface area contributed by atoms with Gasteiger partial charge in [-0.25, -0.2) is 4.98 Å². The Bertz CT molecular complexity index is 408. The minimum Gasteiger partial charge on any atom is -0.397 e. The SMILES string of the molecule is Cc1cc(N)cnc1NCC1(C)CCN(C)CC1. The molecule has 0 spiro atoms. The molecule has 0 radical (unpaired) electrons. The average molecular weight is 248 g/mol. The number of pyridine rings is 1. The largest absolute Gasteiger partial charge is 0.397 e. The minimum absolute atomic E-state index is 0.377. The highest BCUT2D eigenvalue weighted by atomic mass is 15.1. The van der Waals surface area contributed by atoms with Gasteiger partial charge in [0.2, 0.25) is 0 Å². The molecule has 0 amide bonds. The maximum Gasteiger partial charge on any atom is 0.129 e. The van der Waals surface area contributed by atoms with Crippen LogP contribution in [0.2, 0.25) is 0 Å². The van der Waals surface area contributed by atoms with Crippen LogP contribution in [0.3, 0.4) is 0 Å². The molecule has 18 heavy (non-hydrogen) atoms. The fourth-order valence-electron chi connectivity index (χ4n) is 2.41. The fraction of sp³-hybridized carbons (Fsp3) is 0.643. The molecule has 1 aliphatic heterocycles. The molecule has 1 aliphatic rings. The zero-order valence-electron chi connectivity index (χ0n) is 11.7. The van der Waals surface area contributed by atoms with Gasteiger partial charge in [-0.05, 0) is 56.9 Å². The molecule has 1 aromatic heterocycles. The Morgan fingerprint density at radius 3 is 2.72 bits per heavy atom. The van der Waals surface area contributed by atoms with Crippen molar-refractivity contribution >= 4 is 11.5 Å². The molecule has 0 saturated carbocycles. The van der Waals surface area contributed by atoms with Crippen molar-refractivity contribution in [2.75, 3.05) is 37.7 Å². The van der Waals surface area contributed by atoms with E-state index in [-0.39, 0.29) is 0 Å². The Hall–Kier alpha value is -1.29. The number of anilines is 2. The van der Waals surface area contributed by atoms with Crippen LogP contribution < -0.4 is 11.1 Å². The molecule has 0 atom stereocenters. The highest BCUT2D eigenvalue weighted by molar-refractivity contribution is 5.50. The van der Waals surface area contributed by atoms with Crippen molar-refractivity contribution in [3.05, 3.63) is 17.8 Å². The third-order valence-corrected chi connectivity index (χ3v) is 3.98. The Labute approximate surface area is 110 Å². The molecule has 1 fully saturated rings. The highest BCUT2D eigenvalue weighted by Gasteiger charge is 2.28. The Morgan fingerprint density at radius 1 is 1.44 bits per heavy atom. The van der Waals surface area contributed by atoms with Crippen molar-refractivity contribution in [1.29, 1.82) is 0 Å². The average Bonchev–Trinajstić information content (AvgIpc) is 2.32. The highest BCUT2D eigenvalue weighted by Crippen LogP contribution is 2.30. The van der Waals surface area contributed by atoms with E-state index in [1.807, 2.05) is 13.0 Å². The molecular formula is C14H24N4. The summed E-state index contributed by atoms with van der Waals surface area (Å²) in [5, 5.41) is 3.48. The summed E-state index contributed by atoms with van der Waals surface area (Å²) in [6.45, 7) is 7.76. The van der Waals surface area contributed by atoms with Crippen LogP contribution in [0.25, 0.3) is 0 Å². The number of nitrogens with zero attached hydrogens (tertiary/aromatic N) is 2. The second-order valence-corrected chi connectivity index (χ2v) is 5.90. The summed E-state index contributed by atoms with van der Waals surface area (Å²) in [6.07, 6.45) is 4.20. The Kier molecular flexibility index (Phi) is 3.76. The first-order valence-electron chi connectivity index (χ1n) is 6.63. The third kappa shape index (κ3) is 3.13. The van der Waals surface area contributed by atoms with Crippen molar-refractivity contribution in [2.24, 2.45) is 5.41 Å². The van der Waals surface area contributed by atoms with Crippen LogP contribution in [0.15, 0.2) is 12.3 Å². The van der Waals surface area contributed by atoms with E-state index in [0.717, 1.165) is 23.6 Å². The van der Waals surface area contributed by atoms with Gasteiger partial charge < -0.3 is 16.0 Å². The quantitative estimate of drug-likeness (QED) is 0.860. The van der Waals surface area contributed by atoms with Crippen molar-refractivity contribution < 1.29 is 0 Å². The summed E-state index contributed by atoms with van der Waals surface area (Å²) in [5.41, 5.74) is 7.93. The summed E-state index contributed by atoms with van der Waals surface area (Å²) < 4.78 is 0. The summed E-state index contributed by atoms with van der Waals surface area (Å²) in [5.74, 6) is 0.962. The second-order valence-electron chi connectivity index (χ2n) is 5.90. The van der Waals surface area contributed by atoms with Gasteiger partial charge >= 0.3 is 0 Å². The minimum atomic E-state index is 0.377. The first kappa shape index (κ1) is 13.1. The van der Waals surface area contributed by atoms with Gasteiger partial charge in [0.05, 0.1) is 11.9 Å². The number of hydrogen-bond acceptors (Lipinski definition) is 4. The molecule has 100 valence electrons. The molecular weight excluding hydrogens is 224 g/mol. The monoisotopic (exact) mass is 248 g/mol. The maximum absolute atomic E-state index is 5.71. The molecule has 0 aromatic carbocycles. The van der Waals surface area contributed by atoms with Crippen LogP contribution in [-0.4, -0.2) is 36.6 Å². The number of aryl methyl sites for hydroxylation is 1. The topological polar surface area (TPSA) is 54.2 Å². The van der Waals surface area contributed by atoms with Crippen molar-refractivity contribution in [3.8, 4) is 0 Å². The van der Waals surface area contributed by atoms with E-state index < -0.39 is 0 Å². The molecule has 1 saturated heterocycles. The van der Waals surface area contributed by atoms with Crippen LogP contribution >= 0.6 is 0 Å². The van der Waals surface area contributed by atoms with Gasteiger partial charge in [-0.15, -0.1) is 0 Å². The van der Waals surface area contributed by atoms with E-state index in [2.05, 4.69) is 29.2 Å². The molecule has 1 aromatic rings. The van der Waals surface area contributed by atoms with E-state index in [1.165, 1.54) is 25.9 Å². The number of hydrogen-bond donors (Lipinski definition) is 2. The van der Waals surface area contributed by atoms with E-state index in [1.54, 1.807) is 6.20 Å². The summed E-state index contributed by atoms with van der Waals surface area (Å²) in [7, 11) is 2.19. The van der Waals surface area contributed by atoms with Crippen LogP contribution in [-0.2, 0) is 0 Å². The van der Waals surface area contributed by atoms with E-state index in [4.69, 9.17) is 5.73 Å². The first-order valence-corrected chi connectivity index (χ1v) is 6.63. The van der Waals surface area contributed by atoms with Gasteiger partial charge in [-0.2, -0.15) is 0 Å². The predicted octanol–water partition coefficient (Wildman–Crippen LogP) is 2.12. The summed E-state index contributed by atoms with van der Waals surface area (Å²) >= 11 is 0. The number of nitrogens with one attached hydrogen (secondary N) is 1. The molecule has 3 N–H and O–H groups in total.